The first kappa shape index (κ1) is 19.3. The Kier molecular flexibility index (Phi) is 6.37. The first-order valence-corrected chi connectivity index (χ1v) is 9.66. The average Bonchev–Trinajstić information content (AvgIpc) is 2.68. The van der Waals surface area contributed by atoms with Gasteiger partial charge >= 0.3 is 5.97 Å². The van der Waals surface area contributed by atoms with E-state index in [4.69, 9.17) is 4.74 Å². The van der Waals surface area contributed by atoms with Crippen LogP contribution in [0.4, 0.5) is 0 Å². The zero-order valence-electron chi connectivity index (χ0n) is 14.1. The molecule has 0 bridgehead atoms. The lowest BCUT2D eigenvalue weighted by Crippen LogP contribution is -2.08. The number of ketones is 1. The molecule has 27 heavy (non-hydrogen) atoms. The van der Waals surface area contributed by atoms with E-state index in [1.807, 2.05) is 12.1 Å². The highest BCUT2D eigenvalue weighted by atomic mass is 79.9. The van der Waals surface area contributed by atoms with E-state index >= 15 is 0 Å². The van der Waals surface area contributed by atoms with Crippen molar-refractivity contribution < 1.29 is 14.3 Å². The van der Waals surface area contributed by atoms with Crippen molar-refractivity contribution in [2.75, 3.05) is 0 Å². The fourth-order valence-corrected chi connectivity index (χ4v) is 2.81. The number of halogens is 2. The Morgan fingerprint density at radius 3 is 1.78 bits per heavy atom. The molecule has 3 rings (SSSR count). The third kappa shape index (κ3) is 5.49. The molecule has 0 aliphatic rings. The molecule has 0 saturated heterocycles. The maximum Gasteiger partial charge on any atom is 0.343 e. The highest BCUT2D eigenvalue weighted by molar-refractivity contribution is 9.10. The van der Waals surface area contributed by atoms with E-state index in [1.54, 1.807) is 66.7 Å². The van der Waals surface area contributed by atoms with Crippen LogP contribution < -0.4 is 4.74 Å². The summed E-state index contributed by atoms with van der Waals surface area (Å²) < 4.78 is 7.18. The highest BCUT2D eigenvalue weighted by Gasteiger charge is 2.08. The summed E-state index contributed by atoms with van der Waals surface area (Å²) in [5, 5.41) is 0. The molecule has 134 valence electrons. The molecule has 5 heteroatoms. The van der Waals surface area contributed by atoms with Crippen molar-refractivity contribution >= 4 is 49.7 Å². The van der Waals surface area contributed by atoms with Crippen LogP contribution in [-0.2, 0) is 0 Å². The van der Waals surface area contributed by atoms with Gasteiger partial charge in [0, 0.05) is 14.5 Å². The molecular weight excluding hydrogens is 472 g/mol. The van der Waals surface area contributed by atoms with Crippen molar-refractivity contribution in [3.8, 4) is 5.75 Å². The molecule has 3 aromatic carbocycles. The van der Waals surface area contributed by atoms with E-state index in [-0.39, 0.29) is 5.78 Å². The van der Waals surface area contributed by atoms with Crippen molar-refractivity contribution in [3.05, 3.63) is 105 Å². The summed E-state index contributed by atoms with van der Waals surface area (Å²) in [6.45, 7) is 0. The van der Waals surface area contributed by atoms with Crippen molar-refractivity contribution in [3.63, 3.8) is 0 Å². The molecule has 0 atom stereocenters. The van der Waals surface area contributed by atoms with E-state index in [0.717, 1.165) is 14.5 Å². The molecule has 3 aromatic rings. The van der Waals surface area contributed by atoms with E-state index < -0.39 is 5.97 Å². The molecule has 0 fully saturated rings. The molecule has 0 amide bonds. The van der Waals surface area contributed by atoms with Gasteiger partial charge in [0.25, 0.3) is 0 Å². The second kappa shape index (κ2) is 8.93. The second-order valence-corrected chi connectivity index (χ2v) is 7.50. The van der Waals surface area contributed by atoms with Gasteiger partial charge in [-0.15, -0.1) is 0 Å². The summed E-state index contributed by atoms with van der Waals surface area (Å²) in [4.78, 5) is 24.3. The van der Waals surface area contributed by atoms with Gasteiger partial charge in [0.2, 0.25) is 0 Å². The average molecular weight is 486 g/mol. The molecule has 0 aliphatic heterocycles. The van der Waals surface area contributed by atoms with Crippen LogP contribution >= 0.6 is 31.9 Å². The quantitative estimate of drug-likeness (QED) is 0.183. The normalized spacial score (nSPS) is 10.7. The Bertz CT molecular complexity index is 974. The van der Waals surface area contributed by atoms with Gasteiger partial charge in [0.15, 0.2) is 5.78 Å². The largest absolute Gasteiger partial charge is 0.423 e. The highest BCUT2D eigenvalue weighted by Crippen LogP contribution is 2.17. The number of hydrogen-bond acceptors (Lipinski definition) is 3. The van der Waals surface area contributed by atoms with E-state index in [0.29, 0.717) is 16.9 Å². The van der Waals surface area contributed by atoms with Gasteiger partial charge in [-0.05, 0) is 72.3 Å². The minimum absolute atomic E-state index is 0.0757. The van der Waals surface area contributed by atoms with Crippen LogP contribution in [0.1, 0.15) is 26.3 Å². The lowest BCUT2D eigenvalue weighted by Gasteiger charge is -2.05. The van der Waals surface area contributed by atoms with Crippen LogP contribution in [0.3, 0.4) is 0 Å². The Morgan fingerprint density at radius 2 is 1.22 bits per heavy atom. The van der Waals surface area contributed by atoms with Gasteiger partial charge in [-0.1, -0.05) is 50.1 Å². The van der Waals surface area contributed by atoms with Gasteiger partial charge in [-0.2, -0.15) is 0 Å². The van der Waals surface area contributed by atoms with Crippen LogP contribution in [-0.4, -0.2) is 11.8 Å². The number of hydrogen-bond donors (Lipinski definition) is 0. The molecule has 0 unspecified atom stereocenters. The Balaban J connectivity index is 1.62. The monoisotopic (exact) mass is 484 g/mol. The third-order valence-electron chi connectivity index (χ3n) is 3.73. The van der Waals surface area contributed by atoms with E-state index in [9.17, 15) is 9.59 Å². The summed E-state index contributed by atoms with van der Waals surface area (Å²) >= 11 is 6.67. The molecular formula is C22H14Br2O3. The number of carbonyl (C=O) groups is 2. The Hall–Kier alpha value is -2.50. The number of carbonyl (C=O) groups excluding carboxylic acids is 2. The number of ether oxygens (including phenoxy) is 1. The molecule has 0 radical (unpaired) electrons. The molecule has 0 aromatic heterocycles. The molecule has 0 spiro atoms. The van der Waals surface area contributed by atoms with Crippen LogP contribution in [0.15, 0.2) is 87.8 Å². The summed E-state index contributed by atoms with van der Waals surface area (Å²) in [5.41, 5.74) is 1.93. The summed E-state index contributed by atoms with van der Waals surface area (Å²) in [5.74, 6) is -0.0521. The predicted molar refractivity (Wildman–Crippen MR) is 113 cm³/mol. The minimum atomic E-state index is -0.420. The zero-order chi connectivity index (χ0) is 19.2. The fraction of sp³-hybridized carbons (Fsp3) is 0. The molecule has 0 N–H and O–H groups in total. The van der Waals surface area contributed by atoms with Crippen LogP contribution in [0, 0.1) is 0 Å². The molecule has 3 nitrogen and oxygen atoms in total. The molecule has 0 saturated carbocycles. The van der Waals surface area contributed by atoms with Crippen molar-refractivity contribution in [2.24, 2.45) is 0 Å². The van der Waals surface area contributed by atoms with Crippen LogP contribution in [0.5, 0.6) is 5.75 Å². The molecule has 0 heterocycles. The lowest BCUT2D eigenvalue weighted by atomic mass is 10.1. The minimum Gasteiger partial charge on any atom is -0.423 e. The van der Waals surface area contributed by atoms with Crippen LogP contribution in [0.2, 0.25) is 0 Å². The van der Waals surface area contributed by atoms with Gasteiger partial charge in [-0.25, -0.2) is 4.79 Å². The smallest absolute Gasteiger partial charge is 0.343 e. The first-order valence-electron chi connectivity index (χ1n) is 8.07. The van der Waals surface area contributed by atoms with Crippen LogP contribution in [0.25, 0.3) is 6.08 Å². The van der Waals surface area contributed by atoms with E-state index in [1.165, 1.54) is 6.08 Å². The van der Waals surface area contributed by atoms with Gasteiger partial charge in [-0.3, -0.25) is 4.79 Å². The van der Waals surface area contributed by atoms with E-state index in [2.05, 4.69) is 31.9 Å². The number of rotatable bonds is 5. The number of benzene rings is 3. The Labute approximate surface area is 173 Å². The zero-order valence-corrected chi connectivity index (χ0v) is 17.2. The lowest BCUT2D eigenvalue weighted by molar-refractivity contribution is 0.0734. The maximum absolute atomic E-state index is 12.1. The number of esters is 1. The maximum atomic E-state index is 12.1. The first-order chi connectivity index (χ1) is 13.0. The van der Waals surface area contributed by atoms with Crippen molar-refractivity contribution in [1.82, 2.24) is 0 Å². The number of allylic oxidation sites excluding steroid dienone is 1. The Morgan fingerprint density at radius 1 is 0.704 bits per heavy atom. The van der Waals surface area contributed by atoms with Gasteiger partial charge in [0.1, 0.15) is 5.75 Å². The fourth-order valence-electron chi connectivity index (χ4n) is 2.28. The summed E-state index contributed by atoms with van der Waals surface area (Å²) in [7, 11) is 0. The van der Waals surface area contributed by atoms with Gasteiger partial charge < -0.3 is 4.74 Å². The summed E-state index contributed by atoms with van der Waals surface area (Å²) in [6.07, 6.45) is 3.25. The van der Waals surface area contributed by atoms with Gasteiger partial charge in [0.05, 0.1) is 5.56 Å². The third-order valence-corrected chi connectivity index (χ3v) is 4.78. The topological polar surface area (TPSA) is 43.4 Å². The van der Waals surface area contributed by atoms with Crippen molar-refractivity contribution in [2.45, 2.75) is 0 Å². The second-order valence-electron chi connectivity index (χ2n) is 5.67. The predicted octanol–water partition coefficient (Wildman–Crippen LogP) is 6.33. The van der Waals surface area contributed by atoms with Crippen molar-refractivity contribution in [1.29, 1.82) is 0 Å². The standard InChI is InChI=1S/C22H14Br2O3/c23-18-8-4-16(5-9-18)21(25)14-3-15-1-12-20(13-2-15)27-22(26)17-6-10-19(24)11-7-17/h1-14H. The SMILES string of the molecule is O=C(C=Cc1ccc(OC(=O)c2ccc(Br)cc2)cc1)c1ccc(Br)cc1. The molecule has 0 aliphatic carbocycles. The summed E-state index contributed by atoms with van der Waals surface area (Å²) in [6, 6.07) is 21.1.